The van der Waals surface area contributed by atoms with Gasteiger partial charge in [0.05, 0.1) is 6.61 Å². The minimum atomic E-state index is 0.473. The summed E-state index contributed by atoms with van der Waals surface area (Å²) < 4.78 is 5.67. The summed E-state index contributed by atoms with van der Waals surface area (Å²) in [5.41, 5.74) is 1.32. The molecular formula is C15H23NO. The summed E-state index contributed by atoms with van der Waals surface area (Å²) >= 11 is 0. The summed E-state index contributed by atoms with van der Waals surface area (Å²) in [4.78, 5) is 0. The van der Waals surface area contributed by atoms with E-state index in [9.17, 15) is 0 Å². The van der Waals surface area contributed by atoms with Crippen LogP contribution in [-0.2, 0) is 0 Å². The molecule has 0 spiro atoms. The van der Waals surface area contributed by atoms with E-state index in [-0.39, 0.29) is 0 Å². The fourth-order valence-corrected chi connectivity index (χ4v) is 2.44. The molecule has 0 radical (unpaired) electrons. The summed E-state index contributed by atoms with van der Waals surface area (Å²) in [7, 11) is 0. The monoisotopic (exact) mass is 233 g/mol. The van der Waals surface area contributed by atoms with Gasteiger partial charge in [-0.25, -0.2) is 0 Å². The molecule has 0 aliphatic carbocycles. The van der Waals surface area contributed by atoms with E-state index < -0.39 is 0 Å². The van der Waals surface area contributed by atoms with Crippen LogP contribution >= 0.6 is 0 Å². The first-order valence-electron chi connectivity index (χ1n) is 6.80. The molecule has 1 atom stereocenters. The van der Waals surface area contributed by atoms with Crippen LogP contribution in [0.1, 0.15) is 44.7 Å². The molecule has 1 heterocycles. The van der Waals surface area contributed by atoms with Crippen molar-refractivity contribution in [2.24, 2.45) is 5.92 Å². The van der Waals surface area contributed by atoms with Gasteiger partial charge in [0.1, 0.15) is 5.75 Å². The Balaban J connectivity index is 1.99. The van der Waals surface area contributed by atoms with Crippen molar-refractivity contribution >= 4 is 0 Å². The van der Waals surface area contributed by atoms with Crippen LogP contribution in [0.3, 0.4) is 0 Å². The Bertz CT molecular complexity index is 347. The summed E-state index contributed by atoms with van der Waals surface area (Å²) in [6.45, 7) is 6.49. The van der Waals surface area contributed by atoms with E-state index in [0.29, 0.717) is 6.04 Å². The van der Waals surface area contributed by atoms with Crippen LogP contribution in [0.15, 0.2) is 24.3 Å². The van der Waals surface area contributed by atoms with Crippen LogP contribution in [0.4, 0.5) is 0 Å². The van der Waals surface area contributed by atoms with Gasteiger partial charge in [0.2, 0.25) is 0 Å². The lowest BCUT2D eigenvalue weighted by atomic mass is 9.98. The van der Waals surface area contributed by atoms with E-state index in [2.05, 4.69) is 37.4 Å². The van der Waals surface area contributed by atoms with E-state index in [0.717, 1.165) is 31.2 Å². The first-order chi connectivity index (χ1) is 8.35. The van der Waals surface area contributed by atoms with Gasteiger partial charge >= 0.3 is 0 Å². The Labute approximate surface area is 104 Å². The maximum absolute atomic E-state index is 5.67. The Morgan fingerprint density at radius 2 is 2.06 bits per heavy atom. The normalized spacial score (nSPS) is 18.9. The Hall–Kier alpha value is -1.02. The molecule has 94 valence electrons. The number of benzene rings is 1. The zero-order chi connectivity index (χ0) is 12.1. The third kappa shape index (κ3) is 3.01. The second-order valence-corrected chi connectivity index (χ2v) is 4.82. The molecule has 2 rings (SSSR count). The second-order valence-electron chi connectivity index (χ2n) is 4.82. The average Bonchev–Trinajstić information content (AvgIpc) is 2.40. The number of fused-ring (bicyclic) bond motifs is 1. The Kier molecular flexibility index (Phi) is 4.43. The van der Waals surface area contributed by atoms with Gasteiger partial charge in [-0.05, 0) is 18.5 Å². The highest BCUT2D eigenvalue weighted by Crippen LogP contribution is 2.31. The van der Waals surface area contributed by atoms with Crippen molar-refractivity contribution in [3.8, 4) is 5.75 Å². The van der Waals surface area contributed by atoms with Gasteiger partial charge in [-0.2, -0.15) is 0 Å². The largest absolute Gasteiger partial charge is 0.493 e. The smallest absolute Gasteiger partial charge is 0.124 e. The number of hydrogen-bond acceptors (Lipinski definition) is 2. The molecule has 1 aliphatic rings. The highest BCUT2D eigenvalue weighted by molar-refractivity contribution is 5.37. The number of para-hydroxylation sites is 1. The molecule has 0 aromatic heterocycles. The quantitative estimate of drug-likeness (QED) is 0.840. The molecule has 17 heavy (non-hydrogen) atoms. The zero-order valence-electron chi connectivity index (χ0n) is 10.9. The van der Waals surface area contributed by atoms with Gasteiger partial charge in [-0.3, -0.25) is 0 Å². The SMILES string of the molecule is CCC(CC)CNC1CCOc2ccccc21. The van der Waals surface area contributed by atoms with E-state index in [1.54, 1.807) is 0 Å². The minimum Gasteiger partial charge on any atom is -0.493 e. The average molecular weight is 233 g/mol. The van der Waals surface area contributed by atoms with Crippen molar-refractivity contribution in [1.29, 1.82) is 0 Å². The Morgan fingerprint density at radius 3 is 2.82 bits per heavy atom. The zero-order valence-corrected chi connectivity index (χ0v) is 10.9. The first kappa shape index (κ1) is 12.4. The molecule has 0 amide bonds. The van der Waals surface area contributed by atoms with E-state index in [1.165, 1.54) is 18.4 Å². The Morgan fingerprint density at radius 1 is 1.29 bits per heavy atom. The number of rotatable bonds is 5. The maximum Gasteiger partial charge on any atom is 0.124 e. The van der Waals surface area contributed by atoms with Crippen LogP contribution in [-0.4, -0.2) is 13.2 Å². The molecular weight excluding hydrogens is 210 g/mol. The third-order valence-corrected chi connectivity index (χ3v) is 3.77. The van der Waals surface area contributed by atoms with Gasteiger partial charge in [0.25, 0.3) is 0 Å². The summed E-state index contributed by atoms with van der Waals surface area (Å²) in [5, 5.41) is 3.70. The van der Waals surface area contributed by atoms with Crippen molar-refractivity contribution in [3.05, 3.63) is 29.8 Å². The van der Waals surface area contributed by atoms with Gasteiger partial charge < -0.3 is 10.1 Å². The topological polar surface area (TPSA) is 21.3 Å². The highest BCUT2D eigenvalue weighted by atomic mass is 16.5. The van der Waals surface area contributed by atoms with E-state index in [1.807, 2.05) is 6.07 Å². The van der Waals surface area contributed by atoms with E-state index in [4.69, 9.17) is 4.74 Å². The number of hydrogen-bond donors (Lipinski definition) is 1. The van der Waals surface area contributed by atoms with Crippen LogP contribution in [0.25, 0.3) is 0 Å². The molecule has 0 bridgehead atoms. The van der Waals surface area contributed by atoms with Gasteiger partial charge in [0, 0.05) is 18.0 Å². The van der Waals surface area contributed by atoms with Crippen molar-refractivity contribution in [3.63, 3.8) is 0 Å². The summed E-state index contributed by atoms with van der Waals surface area (Å²) in [6, 6.07) is 8.86. The van der Waals surface area contributed by atoms with Crippen molar-refractivity contribution in [2.45, 2.75) is 39.2 Å². The predicted molar refractivity (Wildman–Crippen MR) is 71.4 cm³/mol. The van der Waals surface area contributed by atoms with Crippen LogP contribution in [0.2, 0.25) is 0 Å². The molecule has 1 N–H and O–H groups in total. The number of nitrogens with one attached hydrogen (secondary N) is 1. The molecule has 0 fully saturated rings. The summed E-state index contributed by atoms with van der Waals surface area (Å²) in [6.07, 6.45) is 3.60. The lowest BCUT2D eigenvalue weighted by Crippen LogP contribution is -2.30. The van der Waals surface area contributed by atoms with Gasteiger partial charge in [-0.15, -0.1) is 0 Å². The van der Waals surface area contributed by atoms with Crippen molar-refractivity contribution in [1.82, 2.24) is 5.32 Å². The van der Waals surface area contributed by atoms with Gasteiger partial charge in [-0.1, -0.05) is 44.9 Å². The predicted octanol–water partition coefficient (Wildman–Crippen LogP) is 3.54. The lowest BCUT2D eigenvalue weighted by molar-refractivity contribution is 0.247. The molecule has 1 aromatic carbocycles. The first-order valence-corrected chi connectivity index (χ1v) is 6.80. The maximum atomic E-state index is 5.67. The molecule has 2 heteroatoms. The standard InChI is InChI=1S/C15H23NO/c1-3-12(4-2)11-16-14-9-10-17-15-8-6-5-7-13(14)15/h5-8,12,14,16H,3-4,9-11H2,1-2H3. The molecule has 1 unspecified atom stereocenters. The molecule has 1 aromatic rings. The fraction of sp³-hybridized carbons (Fsp3) is 0.600. The molecule has 0 saturated carbocycles. The van der Waals surface area contributed by atoms with Crippen molar-refractivity contribution < 1.29 is 4.74 Å². The summed E-state index contributed by atoms with van der Waals surface area (Å²) in [5.74, 6) is 1.85. The van der Waals surface area contributed by atoms with Gasteiger partial charge in [0.15, 0.2) is 0 Å². The molecule has 1 aliphatic heterocycles. The van der Waals surface area contributed by atoms with E-state index >= 15 is 0 Å². The third-order valence-electron chi connectivity index (χ3n) is 3.77. The highest BCUT2D eigenvalue weighted by Gasteiger charge is 2.20. The van der Waals surface area contributed by atoms with Crippen LogP contribution < -0.4 is 10.1 Å². The molecule has 2 nitrogen and oxygen atoms in total. The minimum absolute atomic E-state index is 0.473. The second kappa shape index (κ2) is 6.06. The van der Waals surface area contributed by atoms with Crippen molar-refractivity contribution in [2.75, 3.05) is 13.2 Å². The lowest BCUT2D eigenvalue weighted by Gasteiger charge is -2.28. The van der Waals surface area contributed by atoms with Crippen LogP contribution in [0, 0.1) is 5.92 Å². The molecule has 0 saturated heterocycles. The fourth-order valence-electron chi connectivity index (χ4n) is 2.44. The number of ether oxygens (including phenoxy) is 1. The van der Waals surface area contributed by atoms with Crippen LogP contribution in [0.5, 0.6) is 5.75 Å².